The fourth-order valence-electron chi connectivity index (χ4n) is 12.1. The van der Waals surface area contributed by atoms with Gasteiger partial charge in [0.05, 0.1) is 0 Å². The lowest BCUT2D eigenvalue weighted by Crippen LogP contribution is -2.60. The van der Waals surface area contributed by atoms with E-state index in [2.05, 4.69) is 13.8 Å². The molecular weight excluding hydrogens is 544 g/mol. The summed E-state index contributed by atoms with van der Waals surface area (Å²) in [5.74, 6) is 6.67. The summed E-state index contributed by atoms with van der Waals surface area (Å²) in [5.41, 5.74) is 0.261. The van der Waals surface area contributed by atoms with E-state index in [0.29, 0.717) is 0 Å². The van der Waals surface area contributed by atoms with Gasteiger partial charge in [-0.1, -0.05) is 142 Å². The topological polar surface area (TPSA) is 17.1 Å². The number of rotatable bonds is 18. The molecule has 0 N–H and O–H groups in total. The summed E-state index contributed by atoms with van der Waals surface area (Å²) in [6, 6.07) is 0. The normalized spacial score (nSPS) is 37.2. The zero-order valence-electron chi connectivity index (χ0n) is 30.7. The number of carbonyl (C=O) groups excluding carboxylic acids is 1. The number of hydrogen-bond donors (Lipinski definition) is 0. The third-order valence-corrected chi connectivity index (χ3v) is 15.2. The first-order chi connectivity index (χ1) is 22.1. The Kier molecular flexibility index (Phi) is 14.7. The lowest BCUT2D eigenvalue weighted by molar-refractivity contribution is -0.170. The molecule has 0 unspecified atom stereocenters. The summed E-state index contributed by atoms with van der Waals surface area (Å²) in [5, 5.41) is 0. The molecule has 5 rings (SSSR count). The number of Topliss-reactive ketones (excluding diaryl/α,β-unsaturated/α-hetero) is 1. The summed E-state index contributed by atoms with van der Waals surface area (Å²) in [6.07, 6.45) is 47.1. The highest BCUT2D eigenvalue weighted by Crippen LogP contribution is 2.65. The van der Waals surface area contributed by atoms with Crippen molar-refractivity contribution >= 4 is 5.78 Å². The van der Waals surface area contributed by atoms with Gasteiger partial charge in [-0.05, 0) is 119 Å². The molecule has 0 bridgehead atoms. The molecule has 2 spiro atoms. The zero-order valence-corrected chi connectivity index (χ0v) is 30.7. The molecule has 0 aromatic rings. The average molecular weight is 623 g/mol. The first kappa shape index (κ1) is 36.0. The van der Waals surface area contributed by atoms with E-state index < -0.39 is 0 Å². The lowest BCUT2D eigenvalue weighted by Gasteiger charge is -2.60. The van der Waals surface area contributed by atoms with Gasteiger partial charge in [-0.15, -0.1) is 0 Å². The highest BCUT2D eigenvalue weighted by molar-refractivity contribution is 5.96. The second-order valence-electron chi connectivity index (χ2n) is 18.1. The second-order valence-corrected chi connectivity index (χ2v) is 18.1. The molecule has 5 fully saturated rings. The first-order valence-corrected chi connectivity index (χ1v) is 21.6. The predicted molar refractivity (Wildman–Crippen MR) is 195 cm³/mol. The number of carbonyl (C=O) groups is 1. The van der Waals surface area contributed by atoms with E-state index in [4.69, 9.17) is 0 Å². The van der Waals surface area contributed by atoms with Crippen LogP contribution in [-0.2, 0) is 4.79 Å². The molecule has 0 saturated heterocycles. The van der Waals surface area contributed by atoms with Gasteiger partial charge in [0.15, 0.2) is 0 Å². The summed E-state index contributed by atoms with van der Waals surface area (Å²) in [7, 11) is 0. The minimum absolute atomic E-state index is 0.131. The summed E-state index contributed by atoms with van der Waals surface area (Å²) in [6.45, 7) is 4.63. The van der Waals surface area contributed by atoms with Crippen LogP contribution in [0.2, 0.25) is 0 Å². The lowest BCUT2D eigenvalue weighted by atomic mass is 9.42. The van der Waals surface area contributed by atoms with Crippen LogP contribution in [0.3, 0.4) is 0 Å². The van der Waals surface area contributed by atoms with Gasteiger partial charge >= 0.3 is 0 Å². The van der Waals surface area contributed by atoms with Gasteiger partial charge in [-0.25, -0.2) is 0 Å². The Labute approximate surface area is 282 Å². The monoisotopic (exact) mass is 623 g/mol. The molecular formula is C44H78O. The smallest absolute Gasteiger partial charge is 0.145 e. The molecule has 1 heteroatoms. The van der Waals surface area contributed by atoms with Crippen molar-refractivity contribution < 1.29 is 4.79 Å². The minimum atomic E-state index is 0.131. The van der Waals surface area contributed by atoms with Crippen molar-refractivity contribution in [2.45, 2.75) is 226 Å². The third-order valence-electron chi connectivity index (χ3n) is 15.2. The van der Waals surface area contributed by atoms with Crippen LogP contribution in [0.5, 0.6) is 0 Å². The Morgan fingerprint density at radius 2 is 0.733 bits per heavy atom. The van der Waals surface area contributed by atoms with Crippen molar-refractivity contribution in [1.82, 2.24) is 0 Å². The standard InChI is InChI=1S/C44H78O/c1-3-5-7-9-11-13-15-17-36-19-23-38(24-20-36)40-27-31-43(32-28-40)35-44(42(43)45)33-29-41(30-34-44)39-25-21-37(22-26-39)18-16-14-12-10-8-6-4-2/h36-41H,3-35H2,1-2H3. The van der Waals surface area contributed by atoms with E-state index in [1.165, 1.54) is 212 Å². The van der Waals surface area contributed by atoms with Crippen LogP contribution in [0.1, 0.15) is 226 Å². The molecule has 0 aromatic heterocycles. The molecule has 5 saturated carbocycles. The molecule has 45 heavy (non-hydrogen) atoms. The van der Waals surface area contributed by atoms with Gasteiger partial charge in [-0.2, -0.15) is 0 Å². The summed E-state index contributed by atoms with van der Waals surface area (Å²) in [4.78, 5) is 14.0. The van der Waals surface area contributed by atoms with E-state index in [1.54, 1.807) is 0 Å². The van der Waals surface area contributed by atoms with Crippen LogP contribution in [0, 0.1) is 46.3 Å². The van der Waals surface area contributed by atoms with Crippen molar-refractivity contribution in [2.24, 2.45) is 46.3 Å². The highest BCUT2D eigenvalue weighted by Gasteiger charge is 2.63. The Morgan fingerprint density at radius 3 is 1.07 bits per heavy atom. The second kappa shape index (κ2) is 18.4. The fourth-order valence-corrected chi connectivity index (χ4v) is 12.1. The molecule has 1 nitrogen and oxygen atoms in total. The van der Waals surface area contributed by atoms with E-state index in [0.717, 1.165) is 41.3 Å². The van der Waals surface area contributed by atoms with Crippen LogP contribution in [-0.4, -0.2) is 5.78 Å². The zero-order chi connectivity index (χ0) is 31.4. The van der Waals surface area contributed by atoms with Crippen molar-refractivity contribution in [3.05, 3.63) is 0 Å². The molecule has 0 aliphatic heterocycles. The molecule has 5 aliphatic rings. The largest absolute Gasteiger partial charge is 0.298 e. The van der Waals surface area contributed by atoms with E-state index in [-0.39, 0.29) is 10.8 Å². The molecule has 0 radical (unpaired) electrons. The van der Waals surface area contributed by atoms with E-state index in [1.807, 2.05) is 0 Å². The highest BCUT2D eigenvalue weighted by atomic mass is 16.1. The van der Waals surface area contributed by atoms with Crippen molar-refractivity contribution in [3.63, 3.8) is 0 Å². The first-order valence-electron chi connectivity index (χ1n) is 21.6. The van der Waals surface area contributed by atoms with Gasteiger partial charge in [0.25, 0.3) is 0 Å². The maximum Gasteiger partial charge on any atom is 0.145 e. The average Bonchev–Trinajstić information content (AvgIpc) is 3.08. The van der Waals surface area contributed by atoms with Crippen molar-refractivity contribution in [1.29, 1.82) is 0 Å². The van der Waals surface area contributed by atoms with E-state index >= 15 is 0 Å². The molecule has 0 aromatic carbocycles. The Morgan fingerprint density at radius 1 is 0.422 bits per heavy atom. The molecule has 260 valence electrons. The van der Waals surface area contributed by atoms with Crippen molar-refractivity contribution in [2.75, 3.05) is 0 Å². The quantitative estimate of drug-likeness (QED) is 0.139. The van der Waals surface area contributed by atoms with Gasteiger partial charge in [0.1, 0.15) is 5.78 Å². The van der Waals surface area contributed by atoms with Crippen LogP contribution < -0.4 is 0 Å². The number of ketones is 1. The fraction of sp³-hybridized carbons (Fsp3) is 0.977. The maximum atomic E-state index is 14.0. The number of unbranched alkanes of at least 4 members (excludes halogenated alkanes) is 12. The molecule has 0 atom stereocenters. The Hall–Kier alpha value is -0.330. The summed E-state index contributed by atoms with van der Waals surface area (Å²) >= 11 is 0. The van der Waals surface area contributed by atoms with Crippen LogP contribution in [0.4, 0.5) is 0 Å². The maximum absolute atomic E-state index is 14.0. The predicted octanol–water partition coefficient (Wildman–Crippen LogP) is 14.2. The van der Waals surface area contributed by atoms with E-state index in [9.17, 15) is 4.79 Å². The van der Waals surface area contributed by atoms with Crippen LogP contribution in [0.25, 0.3) is 0 Å². The van der Waals surface area contributed by atoms with Gasteiger partial charge in [0, 0.05) is 10.8 Å². The Balaban J connectivity index is 0.921. The Bertz CT molecular complexity index is 744. The SMILES string of the molecule is CCCCCCCCCC1CCC(C2CCC3(CC2)CC2(CCC(C4CCC(CCCCCCCCC)CC4)CC2)C3=O)CC1. The minimum Gasteiger partial charge on any atom is -0.298 e. The molecule has 0 heterocycles. The van der Waals surface area contributed by atoms with Gasteiger partial charge in [-0.3, -0.25) is 4.79 Å². The van der Waals surface area contributed by atoms with Gasteiger partial charge < -0.3 is 0 Å². The third kappa shape index (κ3) is 9.87. The van der Waals surface area contributed by atoms with Crippen molar-refractivity contribution in [3.8, 4) is 0 Å². The number of hydrogen-bond acceptors (Lipinski definition) is 1. The van der Waals surface area contributed by atoms with Crippen LogP contribution >= 0.6 is 0 Å². The van der Waals surface area contributed by atoms with Gasteiger partial charge in [0.2, 0.25) is 0 Å². The molecule has 0 amide bonds. The summed E-state index contributed by atoms with van der Waals surface area (Å²) < 4.78 is 0. The van der Waals surface area contributed by atoms with Crippen LogP contribution in [0.15, 0.2) is 0 Å². The molecule has 5 aliphatic carbocycles.